The van der Waals surface area contributed by atoms with E-state index < -0.39 is 0 Å². The van der Waals surface area contributed by atoms with Gasteiger partial charge in [0, 0.05) is 5.69 Å². The molecular formula is C16H20N2O2. The van der Waals surface area contributed by atoms with Gasteiger partial charge in [-0.05, 0) is 51.0 Å². The van der Waals surface area contributed by atoms with Gasteiger partial charge in [0.15, 0.2) is 0 Å². The highest BCUT2D eigenvalue weighted by Crippen LogP contribution is 2.20. The number of aromatic nitrogens is 2. The van der Waals surface area contributed by atoms with Gasteiger partial charge < -0.3 is 4.74 Å². The van der Waals surface area contributed by atoms with E-state index in [-0.39, 0.29) is 5.91 Å². The molecule has 0 unspecified atom stereocenters. The Kier molecular flexibility index (Phi) is 4.23. The molecule has 20 heavy (non-hydrogen) atoms. The first kappa shape index (κ1) is 14.3. The highest BCUT2D eigenvalue weighted by atomic mass is 16.5. The molecule has 4 heteroatoms. The van der Waals surface area contributed by atoms with Crippen molar-refractivity contribution in [1.82, 2.24) is 9.78 Å². The monoisotopic (exact) mass is 272 g/mol. The summed E-state index contributed by atoms with van der Waals surface area (Å²) < 4.78 is 7.14. The predicted molar refractivity (Wildman–Crippen MR) is 78.4 cm³/mol. The first-order valence-electron chi connectivity index (χ1n) is 6.74. The molecule has 0 atom stereocenters. The molecular weight excluding hydrogens is 252 g/mol. The van der Waals surface area contributed by atoms with Crippen LogP contribution in [-0.4, -0.2) is 22.3 Å². The zero-order valence-corrected chi connectivity index (χ0v) is 12.4. The van der Waals surface area contributed by atoms with E-state index in [1.54, 1.807) is 0 Å². The van der Waals surface area contributed by atoms with Gasteiger partial charge in [0.05, 0.1) is 18.7 Å². The van der Waals surface area contributed by atoms with Crippen LogP contribution in [0.3, 0.4) is 0 Å². The van der Waals surface area contributed by atoms with Crippen LogP contribution in [-0.2, 0) is 0 Å². The summed E-state index contributed by atoms with van der Waals surface area (Å²) in [4.78, 5) is 12.0. The second-order valence-electron chi connectivity index (χ2n) is 5.03. The normalized spacial score (nSPS) is 10.6. The maximum absolute atomic E-state index is 12.0. The van der Waals surface area contributed by atoms with Gasteiger partial charge in [0.1, 0.15) is 5.75 Å². The topological polar surface area (TPSA) is 44.1 Å². The lowest BCUT2D eigenvalue weighted by Crippen LogP contribution is -2.17. The zero-order valence-electron chi connectivity index (χ0n) is 12.4. The highest BCUT2D eigenvalue weighted by Gasteiger charge is 2.10. The van der Waals surface area contributed by atoms with Gasteiger partial charge in [-0.1, -0.05) is 12.1 Å². The van der Waals surface area contributed by atoms with Gasteiger partial charge in [-0.2, -0.15) is 5.10 Å². The van der Waals surface area contributed by atoms with Crippen molar-refractivity contribution in [3.05, 3.63) is 46.8 Å². The van der Waals surface area contributed by atoms with E-state index in [0.29, 0.717) is 13.0 Å². The molecule has 0 spiro atoms. The van der Waals surface area contributed by atoms with Gasteiger partial charge >= 0.3 is 0 Å². The summed E-state index contributed by atoms with van der Waals surface area (Å²) in [6, 6.07) is 7.82. The van der Waals surface area contributed by atoms with Crippen molar-refractivity contribution < 1.29 is 9.53 Å². The number of rotatable bonds is 4. The molecule has 2 rings (SSSR count). The van der Waals surface area contributed by atoms with Gasteiger partial charge in [0.25, 0.3) is 5.91 Å². The molecule has 0 fully saturated rings. The third-order valence-corrected chi connectivity index (χ3v) is 3.37. The number of carbonyl (C=O) groups excluding carboxylic acids is 1. The van der Waals surface area contributed by atoms with Crippen LogP contribution in [0.15, 0.2) is 24.3 Å². The number of ether oxygens (including phenoxy) is 1. The molecule has 0 radical (unpaired) electrons. The molecule has 0 saturated heterocycles. The standard InChI is InChI=1S/C16H20N2O2/c1-11-6-5-7-15(14(11)4)20-9-8-16(19)18-13(3)10-12(2)17-18/h5-7,10H,8-9H2,1-4H3. The lowest BCUT2D eigenvalue weighted by molar-refractivity contribution is 0.0862. The first-order chi connectivity index (χ1) is 9.49. The fourth-order valence-corrected chi connectivity index (χ4v) is 2.12. The Morgan fingerprint density at radius 1 is 1.25 bits per heavy atom. The van der Waals surface area contributed by atoms with Crippen molar-refractivity contribution in [3.8, 4) is 5.75 Å². The molecule has 106 valence electrons. The summed E-state index contributed by atoms with van der Waals surface area (Å²) in [5.41, 5.74) is 4.02. The average Bonchev–Trinajstić information content (AvgIpc) is 2.73. The van der Waals surface area contributed by atoms with Crippen LogP contribution >= 0.6 is 0 Å². The Labute approximate surface area is 119 Å². The van der Waals surface area contributed by atoms with E-state index in [2.05, 4.69) is 5.10 Å². The van der Waals surface area contributed by atoms with E-state index in [1.165, 1.54) is 10.2 Å². The first-order valence-corrected chi connectivity index (χ1v) is 6.74. The van der Waals surface area contributed by atoms with Gasteiger partial charge in [-0.25, -0.2) is 4.68 Å². The molecule has 1 aromatic carbocycles. The third-order valence-electron chi connectivity index (χ3n) is 3.37. The van der Waals surface area contributed by atoms with Crippen LogP contribution in [0.25, 0.3) is 0 Å². The number of hydrogen-bond acceptors (Lipinski definition) is 3. The maximum atomic E-state index is 12.0. The number of benzene rings is 1. The molecule has 0 N–H and O–H groups in total. The fraction of sp³-hybridized carbons (Fsp3) is 0.375. The van der Waals surface area contributed by atoms with Crippen LogP contribution in [0.5, 0.6) is 5.75 Å². The average molecular weight is 272 g/mol. The van der Waals surface area contributed by atoms with Crippen LogP contribution in [0, 0.1) is 27.7 Å². The Morgan fingerprint density at radius 2 is 2.00 bits per heavy atom. The number of hydrogen-bond donors (Lipinski definition) is 0. The van der Waals surface area contributed by atoms with Crippen molar-refractivity contribution in [2.24, 2.45) is 0 Å². The third kappa shape index (κ3) is 3.07. The van der Waals surface area contributed by atoms with E-state index in [9.17, 15) is 4.79 Å². The molecule has 0 aliphatic rings. The molecule has 0 aliphatic heterocycles. The van der Waals surface area contributed by atoms with Crippen molar-refractivity contribution in [3.63, 3.8) is 0 Å². The summed E-state index contributed by atoms with van der Waals surface area (Å²) in [6.45, 7) is 8.19. The predicted octanol–water partition coefficient (Wildman–Crippen LogP) is 3.23. The Hall–Kier alpha value is -2.10. The lowest BCUT2D eigenvalue weighted by atomic mass is 10.1. The van der Waals surface area contributed by atoms with Crippen molar-refractivity contribution in [2.75, 3.05) is 6.61 Å². The summed E-state index contributed by atoms with van der Waals surface area (Å²) in [5.74, 6) is 0.798. The van der Waals surface area contributed by atoms with Crippen LogP contribution in [0.2, 0.25) is 0 Å². The lowest BCUT2D eigenvalue weighted by Gasteiger charge is -2.10. The maximum Gasteiger partial charge on any atom is 0.250 e. The highest BCUT2D eigenvalue weighted by molar-refractivity contribution is 5.78. The van der Waals surface area contributed by atoms with E-state index in [4.69, 9.17) is 4.74 Å². The molecule has 0 saturated carbocycles. The van der Waals surface area contributed by atoms with Crippen LogP contribution in [0.4, 0.5) is 0 Å². The zero-order chi connectivity index (χ0) is 14.7. The second kappa shape index (κ2) is 5.90. The van der Waals surface area contributed by atoms with Crippen molar-refractivity contribution in [1.29, 1.82) is 0 Å². The number of nitrogens with zero attached hydrogens (tertiary/aromatic N) is 2. The minimum absolute atomic E-state index is 0.0408. The second-order valence-corrected chi connectivity index (χ2v) is 5.03. The minimum atomic E-state index is -0.0408. The van der Waals surface area contributed by atoms with Gasteiger partial charge in [-0.3, -0.25) is 4.79 Å². The van der Waals surface area contributed by atoms with E-state index in [0.717, 1.165) is 22.7 Å². The van der Waals surface area contributed by atoms with E-state index >= 15 is 0 Å². The number of carbonyl (C=O) groups is 1. The Bertz CT molecular complexity index is 629. The van der Waals surface area contributed by atoms with E-state index in [1.807, 2.05) is 52.0 Å². The molecule has 1 aromatic heterocycles. The summed E-state index contributed by atoms with van der Waals surface area (Å²) >= 11 is 0. The summed E-state index contributed by atoms with van der Waals surface area (Å²) in [6.07, 6.45) is 0.315. The Balaban J connectivity index is 1.95. The van der Waals surface area contributed by atoms with Crippen LogP contribution < -0.4 is 4.74 Å². The molecule has 4 nitrogen and oxygen atoms in total. The summed E-state index contributed by atoms with van der Waals surface area (Å²) in [5, 5.41) is 4.18. The van der Waals surface area contributed by atoms with Crippen molar-refractivity contribution in [2.45, 2.75) is 34.1 Å². The molecule has 0 aliphatic carbocycles. The van der Waals surface area contributed by atoms with Gasteiger partial charge in [0.2, 0.25) is 0 Å². The number of aryl methyl sites for hydroxylation is 3. The van der Waals surface area contributed by atoms with Crippen molar-refractivity contribution >= 4 is 5.91 Å². The quantitative estimate of drug-likeness (QED) is 0.858. The largest absolute Gasteiger partial charge is 0.493 e. The molecule has 0 amide bonds. The van der Waals surface area contributed by atoms with Crippen LogP contribution in [0.1, 0.15) is 33.7 Å². The summed E-state index contributed by atoms with van der Waals surface area (Å²) in [7, 11) is 0. The molecule has 2 aromatic rings. The molecule has 1 heterocycles. The Morgan fingerprint density at radius 3 is 2.65 bits per heavy atom. The van der Waals surface area contributed by atoms with Gasteiger partial charge in [-0.15, -0.1) is 0 Å². The smallest absolute Gasteiger partial charge is 0.250 e. The fourth-order valence-electron chi connectivity index (χ4n) is 2.12. The molecule has 0 bridgehead atoms. The SMILES string of the molecule is Cc1cc(C)n(C(=O)CCOc2cccc(C)c2C)n1. The minimum Gasteiger partial charge on any atom is -0.493 e.